The molecule has 0 fully saturated rings. The Morgan fingerprint density at radius 3 is 2.31 bits per heavy atom. The van der Waals surface area contributed by atoms with Crippen molar-refractivity contribution in [2.45, 2.75) is 25.8 Å². The predicted molar refractivity (Wildman–Crippen MR) is 126 cm³/mol. The first-order chi connectivity index (χ1) is 18.2. The van der Waals surface area contributed by atoms with E-state index >= 15 is 0 Å². The molecule has 15 heteroatoms. The molecule has 2 heterocycles. The summed E-state index contributed by atoms with van der Waals surface area (Å²) in [6.45, 7) is 0.815. The summed E-state index contributed by atoms with van der Waals surface area (Å²) in [5.74, 6) is -3.13. The Kier molecular flexibility index (Phi) is 6.85. The van der Waals surface area contributed by atoms with Gasteiger partial charge in [0, 0.05) is 17.5 Å². The number of fused-ring (bicyclic) bond motifs is 1. The average Bonchev–Trinajstić information content (AvgIpc) is 3.32. The van der Waals surface area contributed by atoms with Gasteiger partial charge in [0.15, 0.2) is 0 Å². The van der Waals surface area contributed by atoms with Crippen molar-refractivity contribution in [2.24, 2.45) is 0 Å². The molecule has 0 aliphatic carbocycles. The third-order valence-electron chi connectivity index (χ3n) is 5.69. The molecule has 0 saturated carbocycles. The Bertz CT molecular complexity index is 1720. The number of nitrogens with zero attached hydrogens (tertiary/aromatic N) is 2. The summed E-state index contributed by atoms with van der Waals surface area (Å²) in [7, 11) is 0. The first kappa shape index (κ1) is 27.2. The van der Waals surface area contributed by atoms with E-state index in [1.165, 1.54) is 18.2 Å². The number of hydrogen-bond donors (Lipinski definition) is 3. The summed E-state index contributed by atoms with van der Waals surface area (Å²) in [5, 5.41) is 1.58. The van der Waals surface area contributed by atoms with E-state index in [9.17, 15) is 45.5 Å². The molecule has 9 nitrogen and oxygen atoms in total. The fourth-order valence-electron chi connectivity index (χ4n) is 3.84. The Balaban J connectivity index is 1.89. The van der Waals surface area contributed by atoms with Gasteiger partial charge >= 0.3 is 29.4 Å². The van der Waals surface area contributed by atoms with Crippen LogP contribution in [0.2, 0.25) is 0 Å². The van der Waals surface area contributed by atoms with Crippen molar-refractivity contribution in [3.8, 4) is 5.69 Å². The van der Waals surface area contributed by atoms with Crippen molar-refractivity contribution >= 4 is 22.8 Å². The number of hydrogen-bond acceptors (Lipinski definition) is 4. The quantitative estimate of drug-likeness (QED) is 0.260. The number of aromatic amines is 1. The molecule has 39 heavy (non-hydrogen) atoms. The van der Waals surface area contributed by atoms with E-state index in [-0.39, 0.29) is 16.8 Å². The van der Waals surface area contributed by atoms with Crippen LogP contribution in [-0.4, -0.2) is 32.2 Å². The molecule has 204 valence electrons. The van der Waals surface area contributed by atoms with Gasteiger partial charge in [-0.25, -0.2) is 4.68 Å². The molecule has 0 aliphatic heterocycles. The second-order valence-corrected chi connectivity index (χ2v) is 8.28. The molecule has 0 aliphatic rings. The minimum absolute atomic E-state index is 0.123. The number of rotatable bonds is 5. The van der Waals surface area contributed by atoms with Crippen molar-refractivity contribution in [2.75, 3.05) is 5.43 Å². The Morgan fingerprint density at radius 1 is 0.974 bits per heavy atom. The van der Waals surface area contributed by atoms with E-state index < -0.39 is 58.6 Å². The van der Waals surface area contributed by atoms with E-state index in [4.69, 9.17) is 0 Å². The number of halogens is 6. The highest BCUT2D eigenvalue weighted by molar-refractivity contribution is 6.01. The maximum Gasteiger partial charge on any atom is 0.471 e. The molecule has 2 amide bonds. The fourth-order valence-corrected chi connectivity index (χ4v) is 3.84. The monoisotopic (exact) mass is 553 g/mol. The molecule has 3 N–H and O–H groups in total. The van der Waals surface area contributed by atoms with Crippen LogP contribution in [0.5, 0.6) is 0 Å². The standard InChI is InChI=1S/C24H17F6N5O4/c1-12-5-2-3-7-14(12)19(36)33-35-18-10-17(15(23(25,26)27)9-16(18)32-20(37)21(35)38)34-8-4-6-13(34)11-31-22(39)24(28,29)30/h2-10H,11H2,1H3,(H,31,39)(H,32,37)(H,33,36). The third-order valence-corrected chi connectivity index (χ3v) is 5.69. The maximum atomic E-state index is 14.1. The van der Waals surface area contributed by atoms with E-state index in [1.807, 2.05) is 4.98 Å². The lowest BCUT2D eigenvalue weighted by molar-refractivity contribution is -0.173. The summed E-state index contributed by atoms with van der Waals surface area (Å²) in [5.41, 5.74) is -2.70. The van der Waals surface area contributed by atoms with Crippen LogP contribution in [0.1, 0.15) is 27.2 Å². The number of nitrogens with one attached hydrogen (secondary N) is 3. The van der Waals surface area contributed by atoms with Gasteiger partial charge in [0.1, 0.15) is 0 Å². The van der Waals surface area contributed by atoms with Gasteiger partial charge in [-0.2, -0.15) is 26.3 Å². The van der Waals surface area contributed by atoms with Gasteiger partial charge in [-0.1, -0.05) is 18.2 Å². The molecule has 0 unspecified atom stereocenters. The summed E-state index contributed by atoms with van der Waals surface area (Å²) in [4.78, 5) is 51.1. The fraction of sp³-hybridized carbons (Fsp3) is 0.167. The number of alkyl halides is 6. The minimum Gasteiger partial charge on any atom is -0.343 e. The summed E-state index contributed by atoms with van der Waals surface area (Å²) in [6, 6.07) is 10.0. The number of benzene rings is 2. The van der Waals surface area contributed by atoms with Crippen LogP contribution >= 0.6 is 0 Å². The Hall–Kier alpha value is -4.82. The largest absolute Gasteiger partial charge is 0.471 e. The van der Waals surface area contributed by atoms with Crippen LogP contribution in [0.3, 0.4) is 0 Å². The van der Waals surface area contributed by atoms with Gasteiger partial charge in [0.2, 0.25) is 0 Å². The second-order valence-electron chi connectivity index (χ2n) is 8.28. The Morgan fingerprint density at radius 2 is 1.67 bits per heavy atom. The van der Waals surface area contributed by atoms with Crippen LogP contribution in [0, 0.1) is 6.92 Å². The number of aryl methyl sites for hydroxylation is 1. The minimum atomic E-state index is -5.21. The van der Waals surface area contributed by atoms with E-state index in [2.05, 4.69) is 5.43 Å². The van der Waals surface area contributed by atoms with Gasteiger partial charge in [0.25, 0.3) is 5.91 Å². The molecule has 2 aromatic heterocycles. The van der Waals surface area contributed by atoms with E-state index in [0.29, 0.717) is 16.3 Å². The van der Waals surface area contributed by atoms with Crippen molar-refractivity contribution in [1.29, 1.82) is 0 Å². The van der Waals surface area contributed by atoms with Gasteiger partial charge < -0.3 is 14.9 Å². The van der Waals surface area contributed by atoms with Crippen molar-refractivity contribution < 1.29 is 35.9 Å². The third kappa shape index (κ3) is 5.42. The second kappa shape index (κ2) is 9.81. The molecular formula is C24H17F6N5O4. The van der Waals surface area contributed by atoms with Gasteiger partial charge in [-0.15, -0.1) is 0 Å². The van der Waals surface area contributed by atoms with Crippen LogP contribution < -0.4 is 21.9 Å². The number of H-pyrrole nitrogens is 1. The van der Waals surface area contributed by atoms with Crippen LogP contribution in [-0.2, 0) is 17.5 Å². The van der Waals surface area contributed by atoms with Crippen LogP contribution in [0.25, 0.3) is 16.7 Å². The van der Waals surface area contributed by atoms with Crippen LogP contribution in [0.15, 0.2) is 64.3 Å². The van der Waals surface area contributed by atoms with Crippen LogP contribution in [0.4, 0.5) is 26.3 Å². The first-order valence-corrected chi connectivity index (χ1v) is 11.0. The predicted octanol–water partition coefficient (Wildman–Crippen LogP) is 3.37. The number of aromatic nitrogens is 3. The maximum absolute atomic E-state index is 14.1. The Labute approximate surface area is 213 Å². The molecule has 4 rings (SSSR count). The summed E-state index contributed by atoms with van der Waals surface area (Å²) in [6.07, 6.45) is -9.14. The number of carbonyl (C=O) groups excluding carboxylic acids is 2. The zero-order valence-electron chi connectivity index (χ0n) is 19.7. The average molecular weight is 553 g/mol. The zero-order valence-corrected chi connectivity index (χ0v) is 19.7. The van der Waals surface area contributed by atoms with Gasteiger partial charge in [-0.3, -0.25) is 24.6 Å². The molecule has 0 atom stereocenters. The van der Waals surface area contributed by atoms with Gasteiger partial charge in [0.05, 0.1) is 28.8 Å². The van der Waals surface area contributed by atoms with Gasteiger partial charge in [-0.05, 0) is 42.8 Å². The van der Waals surface area contributed by atoms with Crippen molar-refractivity contribution in [1.82, 2.24) is 19.5 Å². The molecule has 4 aromatic rings. The normalized spacial score (nSPS) is 12.0. The topological polar surface area (TPSA) is 118 Å². The summed E-state index contributed by atoms with van der Waals surface area (Å²) >= 11 is 0. The zero-order chi connectivity index (χ0) is 28.7. The SMILES string of the molecule is Cc1ccccc1C(=O)Nn1c(=O)c(=O)[nH]c2cc(C(F)(F)F)c(-n3cccc3CNC(=O)C(F)(F)F)cc21. The molecule has 0 radical (unpaired) electrons. The smallest absolute Gasteiger partial charge is 0.343 e. The molecular weight excluding hydrogens is 536 g/mol. The molecule has 0 bridgehead atoms. The first-order valence-electron chi connectivity index (χ1n) is 11.0. The van der Waals surface area contributed by atoms with E-state index in [0.717, 1.165) is 16.8 Å². The van der Waals surface area contributed by atoms with E-state index in [1.54, 1.807) is 30.4 Å². The van der Waals surface area contributed by atoms with Crippen molar-refractivity contribution in [3.05, 3.63) is 97.8 Å². The number of amides is 2. The molecule has 2 aromatic carbocycles. The molecule has 0 saturated heterocycles. The lowest BCUT2D eigenvalue weighted by Crippen LogP contribution is -2.42. The lowest BCUT2D eigenvalue weighted by Gasteiger charge is -2.19. The lowest BCUT2D eigenvalue weighted by atomic mass is 10.1. The highest BCUT2D eigenvalue weighted by atomic mass is 19.4. The highest BCUT2D eigenvalue weighted by Crippen LogP contribution is 2.36. The highest BCUT2D eigenvalue weighted by Gasteiger charge is 2.39. The summed E-state index contributed by atoms with van der Waals surface area (Å²) < 4.78 is 81.3. The molecule has 0 spiro atoms. The van der Waals surface area contributed by atoms with Crippen molar-refractivity contribution in [3.63, 3.8) is 0 Å². The number of carbonyl (C=O) groups is 2.